The van der Waals surface area contributed by atoms with Gasteiger partial charge in [-0.3, -0.25) is 5.10 Å². The van der Waals surface area contributed by atoms with E-state index in [1.165, 1.54) is 36.4 Å². The van der Waals surface area contributed by atoms with Gasteiger partial charge in [-0.2, -0.15) is 18.3 Å². The van der Waals surface area contributed by atoms with Gasteiger partial charge in [-0.05, 0) is 29.8 Å². The Morgan fingerprint density at radius 3 is 2.31 bits per heavy atom. The molecule has 26 heavy (non-hydrogen) atoms. The molecular weight excluding hydrogens is 374 g/mol. The summed E-state index contributed by atoms with van der Waals surface area (Å²) in [6, 6.07) is 11.0. The Bertz CT molecular complexity index is 1060. The molecule has 0 spiro atoms. The van der Waals surface area contributed by atoms with E-state index in [0.717, 1.165) is 0 Å². The molecule has 3 aromatic rings. The van der Waals surface area contributed by atoms with Crippen LogP contribution in [0.25, 0.3) is 22.4 Å². The molecule has 0 saturated heterocycles. The molecule has 135 valence electrons. The highest BCUT2D eigenvalue weighted by molar-refractivity contribution is 7.89. The fraction of sp³-hybridized carbons (Fsp3) is 0.0625. The van der Waals surface area contributed by atoms with Gasteiger partial charge in [0.05, 0.1) is 10.6 Å². The monoisotopic (exact) mass is 384 g/mol. The van der Waals surface area contributed by atoms with Gasteiger partial charge in [0.2, 0.25) is 10.0 Å². The van der Waals surface area contributed by atoms with Gasteiger partial charge in [0.15, 0.2) is 5.69 Å². The zero-order valence-electron chi connectivity index (χ0n) is 12.8. The number of aromatic amines is 1. The summed E-state index contributed by atoms with van der Waals surface area (Å²) in [5, 5.41) is 10.3. The van der Waals surface area contributed by atoms with E-state index in [4.69, 9.17) is 5.14 Å². The molecule has 10 heteroatoms. The number of H-pyrrole nitrogens is 1. The van der Waals surface area contributed by atoms with Crippen molar-refractivity contribution in [3.63, 3.8) is 0 Å². The molecule has 1 heterocycles. The van der Waals surface area contributed by atoms with Crippen LogP contribution in [0.15, 0.2) is 47.4 Å². The number of alkyl halides is 3. The largest absolute Gasteiger partial charge is 0.435 e. The number of hydrogen-bond donors (Lipinski definition) is 2. The van der Waals surface area contributed by atoms with Crippen LogP contribution < -0.4 is 5.14 Å². The van der Waals surface area contributed by atoms with Gasteiger partial charge >= 0.3 is 6.18 Å². The summed E-state index contributed by atoms with van der Waals surface area (Å²) in [6.07, 6.45) is -4.66. The van der Waals surface area contributed by atoms with Crippen LogP contribution in [-0.4, -0.2) is 18.6 Å². The molecule has 1 aromatic heterocycles. The van der Waals surface area contributed by atoms with Gasteiger partial charge in [0, 0.05) is 11.1 Å². The highest BCUT2D eigenvalue weighted by Gasteiger charge is 2.34. The molecule has 0 aliphatic heterocycles. The number of nitrogens with zero attached hydrogens (tertiary/aromatic N) is 1. The predicted octanol–water partition coefficient (Wildman–Crippen LogP) is 3.35. The van der Waals surface area contributed by atoms with Crippen LogP contribution in [0.1, 0.15) is 5.69 Å². The minimum atomic E-state index is -4.66. The molecule has 0 aliphatic rings. The highest BCUT2D eigenvalue weighted by atomic mass is 32.2. The smallest absolute Gasteiger partial charge is 0.277 e. The number of benzene rings is 2. The van der Waals surface area contributed by atoms with Crippen LogP contribution in [0.2, 0.25) is 0 Å². The Kier molecular flexibility index (Phi) is 4.32. The molecule has 0 aliphatic carbocycles. The molecule has 0 saturated carbocycles. The van der Waals surface area contributed by atoms with E-state index >= 15 is 0 Å². The molecule has 0 bridgehead atoms. The maximum absolute atomic E-state index is 14.8. The molecule has 3 N–H and O–H groups in total. The molecule has 0 unspecified atom stereocenters. The lowest BCUT2D eigenvalue weighted by molar-refractivity contribution is -0.141. The summed E-state index contributed by atoms with van der Waals surface area (Å²) in [5.41, 5.74) is -1.20. The fourth-order valence-electron chi connectivity index (χ4n) is 2.32. The standard InChI is InChI=1S/C16H10F4N3O2S/c17-15-11(9-4-6-10(7-5-9)26(21,24)25)2-1-3-12(15)13-8-14(23-22-13)16(18,19)20/h1-2,4-8H,(H,22,23)(H2,21,24,25). The number of sulfonamides is 1. The zero-order valence-corrected chi connectivity index (χ0v) is 13.6. The molecular formula is C16H10F4N3O2S. The Balaban J connectivity index is 2.04. The second-order valence-electron chi connectivity index (χ2n) is 5.31. The average Bonchev–Trinajstić information content (AvgIpc) is 3.04. The summed E-state index contributed by atoms with van der Waals surface area (Å²) in [7, 11) is -3.89. The van der Waals surface area contributed by atoms with Crippen LogP contribution in [0.5, 0.6) is 0 Å². The van der Waals surface area contributed by atoms with Crippen LogP contribution in [0.3, 0.4) is 0 Å². The maximum atomic E-state index is 14.8. The topological polar surface area (TPSA) is 88.8 Å². The van der Waals surface area contributed by atoms with Crippen molar-refractivity contribution in [2.75, 3.05) is 0 Å². The minimum absolute atomic E-state index is 0.0582. The van der Waals surface area contributed by atoms with Crippen LogP contribution >= 0.6 is 0 Å². The average molecular weight is 384 g/mol. The summed E-state index contributed by atoms with van der Waals surface area (Å²) in [4.78, 5) is -0.146. The van der Waals surface area contributed by atoms with E-state index in [1.54, 1.807) is 0 Å². The molecule has 0 fully saturated rings. The van der Waals surface area contributed by atoms with Gasteiger partial charge in [-0.25, -0.2) is 17.9 Å². The summed E-state index contributed by atoms with van der Waals surface area (Å²) in [5.74, 6) is -0.826. The quantitative estimate of drug-likeness (QED) is 0.679. The molecule has 2 aromatic carbocycles. The second-order valence-corrected chi connectivity index (χ2v) is 6.88. The summed E-state index contributed by atoms with van der Waals surface area (Å²) < 4.78 is 75.3. The normalized spacial score (nSPS) is 12.3. The van der Waals surface area contributed by atoms with Gasteiger partial charge in [0.1, 0.15) is 5.82 Å². The minimum Gasteiger partial charge on any atom is -0.277 e. The first-order chi connectivity index (χ1) is 12.1. The zero-order chi connectivity index (χ0) is 19.1. The molecule has 3 rings (SSSR count). The van der Waals surface area contributed by atoms with Gasteiger partial charge in [-0.1, -0.05) is 24.3 Å². The first kappa shape index (κ1) is 18.1. The van der Waals surface area contributed by atoms with Gasteiger partial charge in [0.25, 0.3) is 0 Å². The summed E-state index contributed by atoms with van der Waals surface area (Å²) >= 11 is 0. The van der Waals surface area contributed by atoms with E-state index in [9.17, 15) is 26.0 Å². The number of nitrogens with one attached hydrogen (secondary N) is 1. The van der Waals surface area contributed by atoms with Crippen molar-refractivity contribution in [1.82, 2.24) is 10.2 Å². The number of primary sulfonamides is 1. The summed E-state index contributed by atoms with van der Waals surface area (Å²) in [6.45, 7) is 0. The van der Waals surface area contributed by atoms with Gasteiger partial charge < -0.3 is 0 Å². The number of halogens is 4. The van der Waals surface area contributed by atoms with E-state index in [0.29, 0.717) is 11.6 Å². The van der Waals surface area contributed by atoms with E-state index in [-0.39, 0.29) is 21.7 Å². The van der Waals surface area contributed by atoms with E-state index in [2.05, 4.69) is 16.3 Å². The van der Waals surface area contributed by atoms with Crippen molar-refractivity contribution in [2.24, 2.45) is 5.14 Å². The lowest BCUT2D eigenvalue weighted by Gasteiger charge is -2.08. The van der Waals surface area contributed by atoms with Crippen molar-refractivity contribution < 1.29 is 26.0 Å². The first-order valence-electron chi connectivity index (χ1n) is 7.04. The van der Waals surface area contributed by atoms with Crippen LogP contribution in [0.4, 0.5) is 17.6 Å². The van der Waals surface area contributed by atoms with E-state index < -0.39 is 27.7 Å². The Morgan fingerprint density at radius 2 is 1.77 bits per heavy atom. The van der Waals surface area contributed by atoms with Crippen LogP contribution in [0, 0.1) is 11.9 Å². The maximum Gasteiger partial charge on any atom is 0.435 e. The SMILES string of the molecule is NS(=O)(=O)c1ccc(-c2cc[c]c(-c3cc(C(F)(F)F)n[nH]3)c2F)cc1. The Morgan fingerprint density at radius 1 is 1.12 bits per heavy atom. The van der Waals surface area contributed by atoms with Crippen molar-refractivity contribution in [1.29, 1.82) is 0 Å². The number of aromatic nitrogens is 2. The Labute approximate surface area is 145 Å². The van der Waals surface area contributed by atoms with Crippen LogP contribution in [-0.2, 0) is 16.2 Å². The molecule has 5 nitrogen and oxygen atoms in total. The van der Waals surface area contributed by atoms with E-state index in [1.807, 2.05) is 0 Å². The first-order valence-corrected chi connectivity index (χ1v) is 8.58. The third-order valence-corrected chi connectivity index (χ3v) is 4.49. The predicted molar refractivity (Wildman–Crippen MR) is 84.6 cm³/mol. The van der Waals surface area contributed by atoms with Gasteiger partial charge in [-0.15, -0.1) is 0 Å². The van der Waals surface area contributed by atoms with Crippen molar-refractivity contribution in [3.05, 3.63) is 60.0 Å². The van der Waals surface area contributed by atoms with Crippen molar-refractivity contribution in [2.45, 2.75) is 11.1 Å². The third-order valence-electron chi connectivity index (χ3n) is 3.57. The van der Waals surface area contributed by atoms with Crippen molar-refractivity contribution in [3.8, 4) is 22.4 Å². The highest BCUT2D eigenvalue weighted by Crippen LogP contribution is 2.33. The third kappa shape index (κ3) is 3.46. The van der Waals surface area contributed by atoms with Crippen molar-refractivity contribution >= 4 is 10.0 Å². The molecule has 1 radical (unpaired) electrons. The number of hydrogen-bond acceptors (Lipinski definition) is 3. The second kappa shape index (κ2) is 6.22. The lowest BCUT2D eigenvalue weighted by atomic mass is 10.0. The molecule has 0 amide bonds. The Hall–Kier alpha value is -2.72. The fourth-order valence-corrected chi connectivity index (χ4v) is 2.83. The lowest BCUT2D eigenvalue weighted by Crippen LogP contribution is -2.11. The number of rotatable bonds is 3. The molecule has 0 atom stereocenters. The number of nitrogens with two attached hydrogens (primary N) is 1.